The Morgan fingerprint density at radius 1 is 1.38 bits per heavy atom. The summed E-state index contributed by atoms with van der Waals surface area (Å²) in [6.07, 6.45) is 0. The molecule has 0 aliphatic carbocycles. The molecule has 0 saturated carbocycles. The predicted octanol–water partition coefficient (Wildman–Crippen LogP) is 2.93. The summed E-state index contributed by atoms with van der Waals surface area (Å²) in [7, 11) is 1.66. The molecule has 1 aromatic carbocycles. The van der Waals surface area contributed by atoms with Crippen LogP contribution in [0.15, 0.2) is 18.2 Å². The third kappa shape index (κ3) is 1.96. The highest BCUT2D eigenvalue weighted by molar-refractivity contribution is 6.30. The van der Waals surface area contributed by atoms with Gasteiger partial charge in [-0.2, -0.15) is 0 Å². The van der Waals surface area contributed by atoms with Crippen LogP contribution in [0.25, 0.3) is 10.9 Å². The summed E-state index contributed by atoms with van der Waals surface area (Å²) in [5, 5.41) is 1.50. The zero-order chi connectivity index (χ0) is 11.7. The Balaban J connectivity index is 2.74. The second-order valence-corrected chi connectivity index (χ2v) is 4.15. The Bertz CT molecular complexity index is 540. The normalized spacial score (nSPS) is 10.9. The molecule has 3 nitrogen and oxygen atoms in total. The van der Waals surface area contributed by atoms with Gasteiger partial charge < -0.3 is 10.5 Å². The van der Waals surface area contributed by atoms with Crippen molar-refractivity contribution < 1.29 is 4.74 Å². The maximum Gasteiger partial charge on any atom is 0.130 e. The number of methoxy groups -OCH3 is 1. The first-order chi connectivity index (χ1) is 7.61. The van der Waals surface area contributed by atoms with Crippen molar-refractivity contribution in [3.05, 3.63) is 34.5 Å². The Morgan fingerprint density at radius 3 is 2.81 bits per heavy atom. The van der Waals surface area contributed by atoms with Crippen molar-refractivity contribution in [2.24, 2.45) is 0 Å². The molecule has 0 atom stereocenters. The van der Waals surface area contributed by atoms with Gasteiger partial charge in [-0.1, -0.05) is 11.6 Å². The van der Waals surface area contributed by atoms with Gasteiger partial charge in [0.05, 0.1) is 12.1 Å². The number of rotatable bonds is 2. The SMILES string of the molecule is COCc1cc(Cl)nc2cc(N)c(C)cc12. The Kier molecular flexibility index (Phi) is 2.99. The van der Waals surface area contributed by atoms with E-state index in [9.17, 15) is 0 Å². The number of hydrogen-bond acceptors (Lipinski definition) is 3. The van der Waals surface area contributed by atoms with Crippen LogP contribution in [-0.2, 0) is 11.3 Å². The van der Waals surface area contributed by atoms with Gasteiger partial charge >= 0.3 is 0 Å². The number of aromatic nitrogens is 1. The zero-order valence-corrected chi connectivity index (χ0v) is 10.0. The standard InChI is InChI=1S/C12H13ClN2O/c1-7-3-9-8(6-16-2)4-12(13)15-11(9)5-10(7)14/h3-5H,6,14H2,1-2H3. The molecule has 2 rings (SSSR count). The highest BCUT2D eigenvalue weighted by atomic mass is 35.5. The number of hydrogen-bond donors (Lipinski definition) is 1. The van der Waals surface area contributed by atoms with E-state index in [0.717, 1.165) is 27.7 Å². The van der Waals surface area contributed by atoms with Gasteiger partial charge in [0.15, 0.2) is 0 Å². The molecule has 0 spiro atoms. The molecular formula is C12H13ClN2O. The highest BCUT2D eigenvalue weighted by Crippen LogP contribution is 2.25. The van der Waals surface area contributed by atoms with Crippen LogP contribution in [0.2, 0.25) is 5.15 Å². The third-order valence-corrected chi connectivity index (χ3v) is 2.74. The first-order valence-electron chi connectivity index (χ1n) is 4.96. The Labute approximate surface area is 99.2 Å². The second kappa shape index (κ2) is 4.28. The molecule has 1 heterocycles. The van der Waals surface area contributed by atoms with Crippen molar-refractivity contribution in [3.8, 4) is 0 Å². The molecule has 2 aromatic rings. The number of pyridine rings is 1. The number of fused-ring (bicyclic) bond motifs is 1. The van der Waals surface area contributed by atoms with Crippen molar-refractivity contribution in [2.45, 2.75) is 13.5 Å². The van der Waals surface area contributed by atoms with Crippen molar-refractivity contribution in [3.63, 3.8) is 0 Å². The lowest BCUT2D eigenvalue weighted by Gasteiger charge is -2.08. The van der Waals surface area contributed by atoms with Crippen molar-refractivity contribution in [1.82, 2.24) is 4.98 Å². The number of aryl methyl sites for hydroxylation is 1. The van der Waals surface area contributed by atoms with Gasteiger partial charge in [0.2, 0.25) is 0 Å². The number of halogens is 1. The summed E-state index contributed by atoms with van der Waals surface area (Å²) in [4.78, 5) is 4.25. The van der Waals surface area contributed by atoms with Crippen LogP contribution in [0, 0.1) is 6.92 Å². The average Bonchev–Trinajstić information content (AvgIpc) is 2.21. The van der Waals surface area contributed by atoms with Crippen LogP contribution < -0.4 is 5.73 Å². The summed E-state index contributed by atoms with van der Waals surface area (Å²) < 4.78 is 5.14. The summed E-state index contributed by atoms with van der Waals surface area (Å²) in [6, 6.07) is 5.68. The van der Waals surface area contributed by atoms with Crippen LogP contribution in [-0.4, -0.2) is 12.1 Å². The first kappa shape index (κ1) is 11.2. The number of nitrogen functional groups attached to an aromatic ring is 1. The second-order valence-electron chi connectivity index (χ2n) is 3.76. The maximum absolute atomic E-state index is 5.94. The van der Waals surface area contributed by atoms with E-state index >= 15 is 0 Å². The molecule has 0 aliphatic heterocycles. The quantitative estimate of drug-likeness (QED) is 0.644. The average molecular weight is 237 g/mol. The van der Waals surface area contributed by atoms with Crippen molar-refractivity contribution in [2.75, 3.05) is 12.8 Å². The molecule has 0 radical (unpaired) electrons. The van der Waals surface area contributed by atoms with E-state index in [1.54, 1.807) is 7.11 Å². The Morgan fingerprint density at radius 2 is 2.12 bits per heavy atom. The number of nitrogens with zero attached hydrogens (tertiary/aromatic N) is 1. The van der Waals surface area contributed by atoms with Crippen LogP contribution in [0.3, 0.4) is 0 Å². The molecule has 1 aromatic heterocycles. The van der Waals surface area contributed by atoms with Gasteiger partial charge in [-0.25, -0.2) is 4.98 Å². The Hall–Kier alpha value is -1.32. The molecule has 2 N–H and O–H groups in total. The molecule has 0 amide bonds. The monoisotopic (exact) mass is 236 g/mol. The minimum Gasteiger partial charge on any atom is -0.398 e. The highest BCUT2D eigenvalue weighted by Gasteiger charge is 2.07. The lowest BCUT2D eigenvalue weighted by atomic mass is 10.1. The van der Waals surface area contributed by atoms with E-state index in [1.807, 2.05) is 25.1 Å². The fraction of sp³-hybridized carbons (Fsp3) is 0.250. The van der Waals surface area contributed by atoms with E-state index in [2.05, 4.69) is 4.98 Å². The van der Waals surface area contributed by atoms with E-state index in [0.29, 0.717) is 11.8 Å². The van der Waals surface area contributed by atoms with Gasteiger partial charge in [-0.15, -0.1) is 0 Å². The van der Waals surface area contributed by atoms with Crippen LogP contribution >= 0.6 is 11.6 Å². The van der Waals surface area contributed by atoms with Gasteiger partial charge in [0, 0.05) is 18.2 Å². The third-order valence-electron chi connectivity index (χ3n) is 2.55. The number of benzene rings is 1. The zero-order valence-electron chi connectivity index (χ0n) is 9.25. The van der Waals surface area contributed by atoms with Crippen molar-refractivity contribution >= 4 is 28.2 Å². The minimum atomic E-state index is 0.461. The maximum atomic E-state index is 5.94. The van der Waals surface area contributed by atoms with Crippen LogP contribution in [0.1, 0.15) is 11.1 Å². The van der Waals surface area contributed by atoms with E-state index in [-0.39, 0.29) is 0 Å². The largest absolute Gasteiger partial charge is 0.398 e. The van der Waals surface area contributed by atoms with Gasteiger partial charge in [-0.05, 0) is 36.2 Å². The molecule has 4 heteroatoms. The topological polar surface area (TPSA) is 48.1 Å². The van der Waals surface area contributed by atoms with Gasteiger partial charge in [-0.3, -0.25) is 0 Å². The molecule has 0 unspecified atom stereocenters. The van der Waals surface area contributed by atoms with Crippen LogP contribution in [0.4, 0.5) is 5.69 Å². The smallest absolute Gasteiger partial charge is 0.130 e. The molecule has 84 valence electrons. The van der Waals surface area contributed by atoms with E-state index in [4.69, 9.17) is 22.1 Å². The summed E-state index contributed by atoms with van der Waals surface area (Å²) in [6.45, 7) is 2.49. The summed E-state index contributed by atoms with van der Waals surface area (Å²) >= 11 is 5.94. The van der Waals surface area contributed by atoms with Crippen molar-refractivity contribution in [1.29, 1.82) is 0 Å². The summed E-state index contributed by atoms with van der Waals surface area (Å²) in [5.74, 6) is 0. The number of nitrogens with two attached hydrogens (primary N) is 1. The molecule has 0 aliphatic rings. The lowest BCUT2D eigenvalue weighted by Crippen LogP contribution is -1.95. The number of anilines is 1. The molecule has 0 fully saturated rings. The molecule has 0 saturated heterocycles. The fourth-order valence-corrected chi connectivity index (χ4v) is 1.93. The fourth-order valence-electron chi connectivity index (χ4n) is 1.71. The predicted molar refractivity (Wildman–Crippen MR) is 66.6 cm³/mol. The van der Waals surface area contributed by atoms with E-state index < -0.39 is 0 Å². The van der Waals surface area contributed by atoms with Crippen LogP contribution in [0.5, 0.6) is 0 Å². The lowest BCUT2D eigenvalue weighted by molar-refractivity contribution is 0.186. The van der Waals surface area contributed by atoms with E-state index in [1.165, 1.54) is 0 Å². The summed E-state index contributed by atoms with van der Waals surface area (Å²) in [5.41, 5.74) is 9.45. The first-order valence-corrected chi connectivity index (χ1v) is 5.34. The van der Waals surface area contributed by atoms with Gasteiger partial charge in [0.25, 0.3) is 0 Å². The van der Waals surface area contributed by atoms with Gasteiger partial charge in [0.1, 0.15) is 5.15 Å². The minimum absolute atomic E-state index is 0.461. The molecule has 16 heavy (non-hydrogen) atoms. The molecular weight excluding hydrogens is 224 g/mol. The number of ether oxygens (including phenoxy) is 1. The molecule has 0 bridgehead atoms.